The van der Waals surface area contributed by atoms with Gasteiger partial charge in [-0.15, -0.1) is 0 Å². The van der Waals surface area contributed by atoms with E-state index in [2.05, 4.69) is 28.8 Å². The van der Waals surface area contributed by atoms with Gasteiger partial charge in [0, 0.05) is 45.9 Å². The van der Waals surface area contributed by atoms with Crippen LogP contribution in [0.2, 0.25) is 0 Å². The van der Waals surface area contributed by atoms with Crippen LogP contribution in [0.1, 0.15) is 22.7 Å². The van der Waals surface area contributed by atoms with Gasteiger partial charge in [0.1, 0.15) is 10.6 Å². The monoisotopic (exact) mass is 677 g/mol. The van der Waals surface area contributed by atoms with Crippen LogP contribution in [0, 0.1) is 0 Å². The standard InChI is InChI=1S/C42H31NO6S/c1-43-35-25-24-30(47-2)26-34(35)38(40(43)37(28-15-5-3-6-16-28)29-17-7-4-8-18-29)39-32-21-11-12-22-33(32)41(44)48-42(39)49-50(45,46)36-23-13-19-27-14-9-10-20-31(27)36/h3-26,37H,1-2H3. The zero-order valence-electron chi connectivity index (χ0n) is 27.2. The van der Waals surface area contributed by atoms with Crippen LogP contribution in [0.5, 0.6) is 11.7 Å². The Hall–Kier alpha value is -6.12. The minimum atomic E-state index is -4.52. The molecule has 246 valence electrons. The Bertz CT molecular complexity index is 2670. The van der Waals surface area contributed by atoms with Gasteiger partial charge < -0.3 is 17.9 Å². The molecule has 0 unspecified atom stereocenters. The fourth-order valence-corrected chi connectivity index (χ4v) is 8.11. The van der Waals surface area contributed by atoms with Crippen LogP contribution in [0.25, 0.3) is 43.6 Å². The number of methoxy groups -OCH3 is 1. The maximum absolute atomic E-state index is 14.3. The van der Waals surface area contributed by atoms with Crippen molar-refractivity contribution in [2.75, 3.05) is 7.11 Å². The van der Waals surface area contributed by atoms with Gasteiger partial charge in [0.05, 0.1) is 18.1 Å². The minimum Gasteiger partial charge on any atom is -0.497 e. The van der Waals surface area contributed by atoms with Crippen molar-refractivity contribution in [1.29, 1.82) is 0 Å². The average Bonchev–Trinajstić information content (AvgIpc) is 3.42. The number of aryl methyl sites for hydroxylation is 1. The quantitative estimate of drug-likeness (QED) is 0.149. The predicted octanol–water partition coefficient (Wildman–Crippen LogP) is 9.06. The third-order valence-corrected chi connectivity index (χ3v) is 10.5. The summed E-state index contributed by atoms with van der Waals surface area (Å²) in [5.41, 5.74) is 4.03. The van der Waals surface area contributed by atoms with Gasteiger partial charge >= 0.3 is 21.7 Å². The van der Waals surface area contributed by atoms with Crippen LogP contribution in [0.15, 0.2) is 160 Å². The molecule has 0 aliphatic heterocycles. The topological polar surface area (TPSA) is 87.7 Å². The highest BCUT2D eigenvalue weighted by molar-refractivity contribution is 7.87. The largest absolute Gasteiger partial charge is 0.497 e. The van der Waals surface area contributed by atoms with Crippen molar-refractivity contribution in [3.05, 3.63) is 173 Å². The number of aromatic nitrogens is 1. The normalized spacial score (nSPS) is 11.8. The highest BCUT2D eigenvalue weighted by atomic mass is 32.2. The van der Waals surface area contributed by atoms with Crippen LogP contribution >= 0.6 is 0 Å². The van der Waals surface area contributed by atoms with E-state index < -0.39 is 21.7 Å². The fraction of sp³-hybridized carbons (Fsp3) is 0.0714. The number of benzene rings is 6. The molecular weight excluding hydrogens is 647 g/mol. The number of hydrogen-bond acceptors (Lipinski definition) is 6. The van der Waals surface area contributed by atoms with Crippen molar-refractivity contribution in [1.82, 2.24) is 4.57 Å². The molecule has 50 heavy (non-hydrogen) atoms. The van der Waals surface area contributed by atoms with Crippen LogP contribution in [0.4, 0.5) is 0 Å². The lowest BCUT2D eigenvalue weighted by atomic mass is 9.84. The average molecular weight is 678 g/mol. The van der Waals surface area contributed by atoms with Gasteiger partial charge in [-0.3, -0.25) is 0 Å². The Morgan fingerprint density at radius 3 is 1.92 bits per heavy atom. The summed E-state index contributed by atoms with van der Waals surface area (Å²) in [5.74, 6) is -0.124. The van der Waals surface area contributed by atoms with E-state index in [1.807, 2.05) is 85.9 Å². The van der Waals surface area contributed by atoms with Crippen LogP contribution in [0.3, 0.4) is 0 Å². The molecule has 8 aromatic rings. The van der Waals surface area contributed by atoms with Crippen molar-refractivity contribution >= 4 is 42.6 Å². The highest BCUT2D eigenvalue weighted by Gasteiger charge is 2.33. The van der Waals surface area contributed by atoms with Crippen LogP contribution in [-0.4, -0.2) is 20.1 Å². The molecule has 0 saturated carbocycles. The van der Waals surface area contributed by atoms with Gasteiger partial charge in [0.25, 0.3) is 0 Å². The molecule has 0 bridgehead atoms. The predicted molar refractivity (Wildman–Crippen MR) is 197 cm³/mol. The van der Waals surface area contributed by atoms with Crippen molar-refractivity contribution in [3.63, 3.8) is 0 Å². The molecule has 0 aliphatic carbocycles. The van der Waals surface area contributed by atoms with E-state index in [0.29, 0.717) is 33.0 Å². The Kier molecular flexibility index (Phi) is 7.73. The SMILES string of the molecule is COc1ccc2c(c1)c(-c1c(OS(=O)(=O)c3cccc4ccccc34)oc(=O)c3ccccc13)c(C(c1ccccc1)c1ccccc1)n2C. The second-order valence-electron chi connectivity index (χ2n) is 12.1. The van der Waals surface area contributed by atoms with E-state index in [9.17, 15) is 13.2 Å². The first-order valence-electron chi connectivity index (χ1n) is 16.1. The van der Waals surface area contributed by atoms with Crippen LogP contribution in [-0.2, 0) is 17.2 Å². The molecule has 0 atom stereocenters. The molecule has 0 fully saturated rings. The van der Waals surface area contributed by atoms with Gasteiger partial charge in [-0.1, -0.05) is 115 Å². The van der Waals surface area contributed by atoms with Gasteiger partial charge in [-0.05, 0) is 46.8 Å². The lowest BCUT2D eigenvalue weighted by Crippen LogP contribution is -2.14. The first-order chi connectivity index (χ1) is 24.4. The molecule has 0 saturated heterocycles. The smallest absolute Gasteiger partial charge is 0.346 e. The van der Waals surface area contributed by atoms with Crippen molar-refractivity contribution in [2.45, 2.75) is 10.8 Å². The van der Waals surface area contributed by atoms with Crippen molar-refractivity contribution < 1.29 is 21.8 Å². The van der Waals surface area contributed by atoms with Crippen molar-refractivity contribution in [3.8, 4) is 22.8 Å². The third kappa shape index (κ3) is 5.21. The highest BCUT2D eigenvalue weighted by Crippen LogP contribution is 2.49. The number of fused-ring (bicyclic) bond motifs is 3. The zero-order valence-corrected chi connectivity index (χ0v) is 28.1. The summed E-state index contributed by atoms with van der Waals surface area (Å²) in [7, 11) is -0.929. The molecule has 8 heteroatoms. The molecule has 0 aliphatic rings. The lowest BCUT2D eigenvalue weighted by molar-refractivity contribution is 0.364. The van der Waals surface area contributed by atoms with E-state index in [0.717, 1.165) is 33.1 Å². The summed E-state index contributed by atoms with van der Waals surface area (Å²) in [6.45, 7) is 0. The number of hydrogen-bond donors (Lipinski definition) is 0. The van der Waals surface area contributed by atoms with E-state index in [1.165, 1.54) is 6.07 Å². The fourth-order valence-electron chi connectivity index (χ4n) is 7.00. The second kappa shape index (κ2) is 12.4. The lowest BCUT2D eigenvalue weighted by Gasteiger charge is -2.23. The van der Waals surface area contributed by atoms with Gasteiger partial charge in [0.2, 0.25) is 0 Å². The summed E-state index contributed by atoms with van der Waals surface area (Å²) >= 11 is 0. The first-order valence-corrected chi connectivity index (χ1v) is 17.5. The summed E-state index contributed by atoms with van der Waals surface area (Å²) in [4.78, 5) is 13.5. The number of rotatable bonds is 8. The van der Waals surface area contributed by atoms with E-state index in [-0.39, 0.29) is 10.8 Å². The Labute approximate surface area is 288 Å². The molecular formula is C42H31NO6S. The molecule has 2 aromatic heterocycles. The molecule has 0 radical (unpaired) electrons. The van der Waals surface area contributed by atoms with Gasteiger partial charge in [-0.2, -0.15) is 8.42 Å². The van der Waals surface area contributed by atoms with E-state index in [4.69, 9.17) is 13.3 Å². The first kappa shape index (κ1) is 31.2. The van der Waals surface area contributed by atoms with Crippen LogP contribution < -0.4 is 14.5 Å². The number of ether oxygens (including phenoxy) is 1. The van der Waals surface area contributed by atoms with Crippen molar-refractivity contribution in [2.24, 2.45) is 7.05 Å². The van der Waals surface area contributed by atoms with Gasteiger partial charge in [0.15, 0.2) is 0 Å². The summed E-state index contributed by atoms with van der Waals surface area (Å²) in [6, 6.07) is 45.2. The summed E-state index contributed by atoms with van der Waals surface area (Å²) in [5, 5.41) is 2.77. The molecule has 0 spiro atoms. The second-order valence-corrected chi connectivity index (χ2v) is 13.6. The molecule has 0 N–H and O–H groups in total. The molecule has 0 amide bonds. The molecule has 6 aromatic carbocycles. The number of nitrogens with zero attached hydrogens (tertiary/aromatic N) is 1. The molecule has 7 nitrogen and oxygen atoms in total. The zero-order chi connectivity index (χ0) is 34.4. The third-order valence-electron chi connectivity index (χ3n) is 9.25. The minimum absolute atomic E-state index is 0.0383. The molecule has 2 heterocycles. The van der Waals surface area contributed by atoms with Gasteiger partial charge in [-0.25, -0.2) is 4.79 Å². The van der Waals surface area contributed by atoms with E-state index in [1.54, 1.807) is 43.5 Å². The Balaban J connectivity index is 1.49. The summed E-state index contributed by atoms with van der Waals surface area (Å²) in [6.07, 6.45) is 0. The van der Waals surface area contributed by atoms with E-state index >= 15 is 0 Å². The Morgan fingerprint density at radius 2 is 1.24 bits per heavy atom. The Morgan fingerprint density at radius 1 is 0.640 bits per heavy atom. The summed E-state index contributed by atoms with van der Waals surface area (Å²) < 4.78 is 48.2. The maximum Gasteiger partial charge on any atom is 0.346 e. The molecule has 8 rings (SSSR count). The maximum atomic E-state index is 14.3.